The molecule has 120 valence electrons. The van der Waals surface area contributed by atoms with Crippen LogP contribution in [0.3, 0.4) is 0 Å². The van der Waals surface area contributed by atoms with Crippen molar-refractivity contribution in [1.82, 2.24) is 9.62 Å². The molecule has 1 N–H and O–H groups in total. The molecule has 21 heavy (non-hydrogen) atoms. The molecule has 1 atom stereocenters. The second kappa shape index (κ2) is 7.15. The highest BCUT2D eigenvalue weighted by Crippen LogP contribution is 2.32. The topological polar surface area (TPSA) is 49.4 Å². The van der Waals surface area contributed by atoms with Gasteiger partial charge < -0.3 is 5.32 Å². The molecule has 3 heterocycles. The number of nitrogens with one attached hydrogen (secondary N) is 1. The lowest BCUT2D eigenvalue weighted by molar-refractivity contribution is 0.234. The molecule has 4 nitrogen and oxygen atoms in total. The van der Waals surface area contributed by atoms with Crippen LogP contribution in [-0.2, 0) is 10.0 Å². The summed E-state index contributed by atoms with van der Waals surface area (Å²) < 4.78 is 27.5. The van der Waals surface area contributed by atoms with Crippen LogP contribution >= 0.6 is 35.3 Å². The van der Waals surface area contributed by atoms with Gasteiger partial charge in [0.15, 0.2) is 0 Å². The van der Waals surface area contributed by atoms with Gasteiger partial charge in [-0.2, -0.15) is 4.31 Å². The summed E-state index contributed by atoms with van der Waals surface area (Å²) in [5.41, 5.74) is 0. The predicted molar refractivity (Wildman–Crippen MR) is 89.1 cm³/mol. The summed E-state index contributed by atoms with van der Waals surface area (Å²) >= 11 is 6.98. The van der Waals surface area contributed by atoms with Gasteiger partial charge in [0.05, 0.1) is 4.34 Å². The summed E-state index contributed by atoms with van der Waals surface area (Å²) in [5.74, 6) is 0.621. The van der Waals surface area contributed by atoms with Crippen LogP contribution in [0.2, 0.25) is 4.34 Å². The van der Waals surface area contributed by atoms with E-state index in [0.717, 1.165) is 30.7 Å². The highest BCUT2D eigenvalue weighted by atomic mass is 35.5. The monoisotopic (exact) mass is 370 g/mol. The van der Waals surface area contributed by atoms with Gasteiger partial charge in [-0.05, 0) is 50.3 Å². The number of halogens is 2. The first-order chi connectivity index (χ1) is 9.57. The van der Waals surface area contributed by atoms with Crippen molar-refractivity contribution in [3.05, 3.63) is 16.5 Å². The molecule has 2 fully saturated rings. The van der Waals surface area contributed by atoms with Crippen LogP contribution in [0.25, 0.3) is 0 Å². The van der Waals surface area contributed by atoms with Crippen LogP contribution in [-0.4, -0.2) is 38.4 Å². The van der Waals surface area contributed by atoms with Gasteiger partial charge in [-0.1, -0.05) is 11.6 Å². The summed E-state index contributed by atoms with van der Waals surface area (Å²) in [6.45, 7) is 2.36. The van der Waals surface area contributed by atoms with E-state index in [2.05, 4.69) is 5.32 Å². The number of sulfonamides is 1. The van der Waals surface area contributed by atoms with E-state index in [9.17, 15) is 8.42 Å². The predicted octanol–water partition coefficient (Wildman–Crippen LogP) is 2.98. The van der Waals surface area contributed by atoms with E-state index in [4.69, 9.17) is 11.6 Å². The Labute approximate surface area is 141 Å². The van der Waals surface area contributed by atoms with Crippen molar-refractivity contribution in [3.8, 4) is 0 Å². The normalized spacial score (nSPS) is 24.9. The molecule has 0 radical (unpaired) electrons. The first kappa shape index (κ1) is 17.5. The van der Waals surface area contributed by atoms with Gasteiger partial charge in [0.2, 0.25) is 0 Å². The summed E-state index contributed by atoms with van der Waals surface area (Å²) in [6.07, 6.45) is 4.39. The van der Waals surface area contributed by atoms with Crippen LogP contribution in [0.5, 0.6) is 0 Å². The Hall–Kier alpha value is 0.150. The molecule has 2 saturated heterocycles. The fourth-order valence-corrected chi connectivity index (χ4v) is 6.30. The van der Waals surface area contributed by atoms with Gasteiger partial charge in [0.1, 0.15) is 4.21 Å². The van der Waals surface area contributed by atoms with E-state index in [1.165, 1.54) is 12.8 Å². The van der Waals surface area contributed by atoms with E-state index < -0.39 is 10.0 Å². The lowest BCUT2D eigenvalue weighted by Crippen LogP contribution is -2.43. The van der Waals surface area contributed by atoms with Crippen LogP contribution in [0, 0.1) is 5.92 Å². The summed E-state index contributed by atoms with van der Waals surface area (Å²) in [7, 11) is -3.34. The highest BCUT2D eigenvalue weighted by Gasteiger charge is 2.33. The van der Waals surface area contributed by atoms with Crippen molar-refractivity contribution >= 4 is 45.4 Å². The second-order valence-corrected chi connectivity index (χ2v) is 9.38. The molecule has 0 bridgehead atoms. The third kappa shape index (κ3) is 3.74. The molecule has 2 aliphatic heterocycles. The quantitative estimate of drug-likeness (QED) is 0.889. The molecular formula is C13H20Cl2N2O2S2. The molecule has 0 aromatic carbocycles. The van der Waals surface area contributed by atoms with Crippen molar-refractivity contribution in [1.29, 1.82) is 0 Å². The first-order valence-corrected chi connectivity index (χ1v) is 9.70. The smallest absolute Gasteiger partial charge is 0.252 e. The first-order valence-electron chi connectivity index (χ1n) is 7.06. The van der Waals surface area contributed by atoms with Gasteiger partial charge >= 0.3 is 0 Å². The zero-order chi connectivity index (χ0) is 14.2. The Balaban J connectivity index is 0.00000161. The van der Waals surface area contributed by atoms with Gasteiger partial charge in [-0.15, -0.1) is 23.7 Å². The Morgan fingerprint density at radius 3 is 2.48 bits per heavy atom. The third-order valence-electron chi connectivity index (χ3n) is 4.31. The second-order valence-electron chi connectivity index (χ2n) is 5.50. The number of thiophene rings is 1. The highest BCUT2D eigenvalue weighted by molar-refractivity contribution is 7.91. The largest absolute Gasteiger partial charge is 0.314 e. The maximum Gasteiger partial charge on any atom is 0.252 e. The van der Waals surface area contributed by atoms with Crippen molar-refractivity contribution < 1.29 is 8.42 Å². The van der Waals surface area contributed by atoms with Gasteiger partial charge in [-0.25, -0.2) is 8.42 Å². The Morgan fingerprint density at radius 2 is 1.95 bits per heavy atom. The molecule has 1 unspecified atom stereocenters. The van der Waals surface area contributed by atoms with E-state index >= 15 is 0 Å². The lowest BCUT2D eigenvalue weighted by atomic mass is 9.89. The van der Waals surface area contributed by atoms with E-state index in [0.29, 0.717) is 33.6 Å². The molecule has 0 aliphatic carbocycles. The molecular weight excluding hydrogens is 351 g/mol. The minimum Gasteiger partial charge on any atom is -0.314 e. The Kier molecular flexibility index (Phi) is 5.96. The summed E-state index contributed by atoms with van der Waals surface area (Å²) in [4.78, 5) is 0. The summed E-state index contributed by atoms with van der Waals surface area (Å²) in [6, 6.07) is 3.84. The fraction of sp³-hybridized carbons (Fsp3) is 0.692. The number of piperidine rings is 1. The Bertz CT molecular complexity index is 562. The molecule has 3 rings (SSSR count). The number of nitrogens with zero attached hydrogens (tertiary/aromatic N) is 1. The van der Waals surface area contributed by atoms with E-state index in [1.807, 2.05) is 0 Å². The number of hydrogen-bond acceptors (Lipinski definition) is 4. The molecule has 2 aliphatic rings. The van der Waals surface area contributed by atoms with Crippen LogP contribution < -0.4 is 5.32 Å². The third-order valence-corrected chi connectivity index (χ3v) is 7.91. The van der Waals surface area contributed by atoms with Gasteiger partial charge in [0.25, 0.3) is 10.0 Å². The number of hydrogen-bond donors (Lipinski definition) is 1. The van der Waals surface area contributed by atoms with Crippen LogP contribution in [0.15, 0.2) is 16.3 Å². The van der Waals surface area contributed by atoms with Crippen LogP contribution in [0.4, 0.5) is 0 Å². The number of rotatable bonds is 3. The zero-order valence-corrected chi connectivity index (χ0v) is 14.8. The molecule has 8 heteroatoms. The van der Waals surface area contributed by atoms with Crippen LogP contribution in [0.1, 0.15) is 25.7 Å². The maximum absolute atomic E-state index is 12.5. The van der Waals surface area contributed by atoms with Crippen molar-refractivity contribution in [3.63, 3.8) is 0 Å². The molecule has 1 aromatic rings. The van der Waals surface area contributed by atoms with Gasteiger partial charge in [0, 0.05) is 19.1 Å². The molecule has 0 amide bonds. The average molecular weight is 371 g/mol. The molecule has 0 spiro atoms. The van der Waals surface area contributed by atoms with Crippen molar-refractivity contribution in [2.45, 2.75) is 35.9 Å². The van der Waals surface area contributed by atoms with E-state index in [1.54, 1.807) is 16.4 Å². The molecule has 1 aromatic heterocycles. The minimum absolute atomic E-state index is 0. The Morgan fingerprint density at radius 1 is 1.24 bits per heavy atom. The summed E-state index contributed by atoms with van der Waals surface area (Å²) in [5, 5.41) is 3.53. The van der Waals surface area contributed by atoms with Crippen molar-refractivity contribution in [2.24, 2.45) is 5.92 Å². The minimum atomic E-state index is -3.34. The van der Waals surface area contributed by atoms with Gasteiger partial charge in [-0.3, -0.25) is 0 Å². The van der Waals surface area contributed by atoms with Crippen molar-refractivity contribution in [2.75, 3.05) is 19.6 Å². The fourth-order valence-electron chi connectivity index (χ4n) is 3.20. The lowest BCUT2D eigenvalue weighted by Gasteiger charge is -2.33. The molecule has 0 saturated carbocycles. The van der Waals surface area contributed by atoms with E-state index in [-0.39, 0.29) is 12.4 Å². The maximum atomic E-state index is 12.5. The standard InChI is InChI=1S/C13H19ClN2O2S2.ClH/c14-12-3-4-13(19-12)20(17,18)16-8-5-10(6-9-16)11-2-1-7-15-11;/h3-4,10-11,15H,1-2,5-9H2;1H. The zero-order valence-electron chi connectivity index (χ0n) is 11.6. The average Bonchev–Trinajstić information content (AvgIpc) is 3.10. The SMILES string of the molecule is Cl.O=S(=O)(c1ccc(Cl)s1)N1CCC(C2CCCN2)CC1.